The second-order valence-electron chi connectivity index (χ2n) is 6.39. The van der Waals surface area contributed by atoms with E-state index in [1.165, 1.54) is 24.3 Å². The SMILES string of the molecule is O=C([C@H]1CCS(=O)(=O)C1)N(C[C@H](O)c1ccc(F)cc1)C1CC1. The lowest BCUT2D eigenvalue weighted by atomic mass is 10.1. The van der Waals surface area contributed by atoms with Crippen molar-refractivity contribution in [2.45, 2.75) is 31.4 Å². The lowest BCUT2D eigenvalue weighted by Gasteiger charge is -2.27. The first-order valence-corrected chi connectivity index (χ1v) is 9.62. The van der Waals surface area contributed by atoms with Crippen molar-refractivity contribution >= 4 is 15.7 Å². The van der Waals surface area contributed by atoms with Gasteiger partial charge >= 0.3 is 0 Å². The monoisotopic (exact) mass is 341 g/mol. The summed E-state index contributed by atoms with van der Waals surface area (Å²) in [6.07, 6.45) is 1.21. The molecule has 7 heteroatoms. The minimum Gasteiger partial charge on any atom is -0.387 e. The Balaban J connectivity index is 1.69. The van der Waals surface area contributed by atoms with Crippen molar-refractivity contribution in [1.29, 1.82) is 0 Å². The highest BCUT2D eigenvalue weighted by Crippen LogP contribution is 2.32. The predicted octanol–water partition coefficient (Wildman–Crippen LogP) is 1.28. The van der Waals surface area contributed by atoms with E-state index < -0.39 is 21.9 Å². The minimum atomic E-state index is -3.12. The van der Waals surface area contributed by atoms with Crippen LogP contribution in [0.5, 0.6) is 0 Å². The van der Waals surface area contributed by atoms with Gasteiger partial charge in [0, 0.05) is 6.04 Å². The van der Waals surface area contributed by atoms with Crippen molar-refractivity contribution in [2.75, 3.05) is 18.1 Å². The van der Waals surface area contributed by atoms with Crippen molar-refractivity contribution in [1.82, 2.24) is 4.90 Å². The van der Waals surface area contributed by atoms with Crippen LogP contribution in [0.1, 0.15) is 30.9 Å². The number of rotatable bonds is 5. The fourth-order valence-electron chi connectivity index (χ4n) is 3.01. The van der Waals surface area contributed by atoms with Gasteiger partial charge in [0.15, 0.2) is 9.84 Å². The number of carbonyl (C=O) groups excluding carboxylic acids is 1. The molecule has 0 radical (unpaired) electrons. The van der Waals surface area contributed by atoms with Crippen molar-refractivity contribution < 1.29 is 22.7 Å². The summed E-state index contributed by atoms with van der Waals surface area (Å²) in [5.41, 5.74) is 0.545. The van der Waals surface area contributed by atoms with Crippen molar-refractivity contribution in [3.05, 3.63) is 35.6 Å². The van der Waals surface area contributed by atoms with Crippen LogP contribution in [0.3, 0.4) is 0 Å². The molecule has 23 heavy (non-hydrogen) atoms. The maximum atomic E-state index is 13.0. The van der Waals surface area contributed by atoms with Gasteiger partial charge in [0.1, 0.15) is 5.82 Å². The highest BCUT2D eigenvalue weighted by atomic mass is 32.2. The molecule has 1 aliphatic carbocycles. The van der Waals surface area contributed by atoms with Crippen molar-refractivity contribution in [3.63, 3.8) is 0 Å². The van der Waals surface area contributed by atoms with Crippen LogP contribution in [0.15, 0.2) is 24.3 Å². The van der Waals surface area contributed by atoms with E-state index in [9.17, 15) is 22.7 Å². The molecule has 0 bridgehead atoms. The van der Waals surface area contributed by atoms with Gasteiger partial charge in [0.2, 0.25) is 5.91 Å². The Morgan fingerprint density at radius 3 is 2.43 bits per heavy atom. The fraction of sp³-hybridized carbons (Fsp3) is 0.562. The van der Waals surface area contributed by atoms with Gasteiger partial charge in [-0.2, -0.15) is 0 Å². The molecular formula is C16H20FNO4S. The van der Waals surface area contributed by atoms with Crippen LogP contribution >= 0.6 is 0 Å². The third-order valence-electron chi connectivity index (χ3n) is 4.48. The number of halogens is 1. The zero-order valence-electron chi connectivity index (χ0n) is 12.7. The summed E-state index contributed by atoms with van der Waals surface area (Å²) < 4.78 is 36.1. The van der Waals surface area contributed by atoms with Crippen LogP contribution in [0.2, 0.25) is 0 Å². The van der Waals surface area contributed by atoms with Gasteiger partial charge in [0.05, 0.1) is 30.1 Å². The second-order valence-corrected chi connectivity index (χ2v) is 8.62. The fourth-order valence-corrected chi connectivity index (χ4v) is 4.74. The molecule has 0 spiro atoms. The van der Waals surface area contributed by atoms with Gasteiger partial charge in [-0.3, -0.25) is 4.79 Å². The van der Waals surface area contributed by atoms with Gasteiger partial charge < -0.3 is 10.0 Å². The molecule has 3 rings (SSSR count). The number of aliphatic hydroxyl groups is 1. The lowest BCUT2D eigenvalue weighted by Crippen LogP contribution is -2.41. The van der Waals surface area contributed by atoms with Gasteiger partial charge in [-0.1, -0.05) is 12.1 Å². The average molecular weight is 341 g/mol. The molecule has 1 heterocycles. The highest BCUT2D eigenvalue weighted by molar-refractivity contribution is 7.91. The van der Waals surface area contributed by atoms with Crippen LogP contribution < -0.4 is 0 Å². The Morgan fingerprint density at radius 2 is 1.91 bits per heavy atom. The van der Waals surface area contributed by atoms with Gasteiger partial charge in [0.25, 0.3) is 0 Å². The molecule has 1 N–H and O–H groups in total. The number of benzene rings is 1. The lowest BCUT2D eigenvalue weighted by molar-refractivity contribution is -0.136. The third kappa shape index (κ3) is 3.90. The molecule has 2 fully saturated rings. The van der Waals surface area contributed by atoms with E-state index >= 15 is 0 Å². The first-order chi connectivity index (χ1) is 10.9. The molecule has 0 aromatic heterocycles. The van der Waals surface area contributed by atoms with Crippen LogP contribution in [-0.4, -0.2) is 48.4 Å². The van der Waals surface area contributed by atoms with E-state index in [0.717, 1.165) is 12.8 Å². The summed E-state index contributed by atoms with van der Waals surface area (Å²) >= 11 is 0. The highest BCUT2D eigenvalue weighted by Gasteiger charge is 2.41. The number of hydrogen-bond donors (Lipinski definition) is 1. The van der Waals surface area contributed by atoms with E-state index in [-0.39, 0.29) is 35.8 Å². The molecule has 1 amide bonds. The first-order valence-electron chi connectivity index (χ1n) is 7.80. The van der Waals surface area contributed by atoms with E-state index in [2.05, 4.69) is 0 Å². The maximum Gasteiger partial charge on any atom is 0.227 e. The summed E-state index contributed by atoms with van der Waals surface area (Å²) in [5.74, 6) is -1.10. The summed E-state index contributed by atoms with van der Waals surface area (Å²) in [7, 11) is -3.12. The Morgan fingerprint density at radius 1 is 1.26 bits per heavy atom. The molecule has 0 unspecified atom stereocenters. The van der Waals surface area contributed by atoms with Crippen LogP contribution in [0, 0.1) is 11.7 Å². The average Bonchev–Trinajstić information content (AvgIpc) is 3.28. The number of aliphatic hydroxyl groups excluding tert-OH is 1. The Hall–Kier alpha value is -1.47. The minimum absolute atomic E-state index is 0.0580. The summed E-state index contributed by atoms with van der Waals surface area (Å²) in [6.45, 7) is 0.117. The normalized spacial score (nSPS) is 24.3. The number of sulfone groups is 1. The third-order valence-corrected chi connectivity index (χ3v) is 6.24. The molecule has 2 aliphatic rings. The number of nitrogens with zero attached hydrogens (tertiary/aromatic N) is 1. The number of amides is 1. The standard InChI is InChI=1S/C16H20FNO4S/c17-13-3-1-11(2-4-13)15(19)9-18(14-5-6-14)16(20)12-7-8-23(21,22)10-12/h1-4,12,14-15,19H,5-10H2/t12-,15-/m0/s1. The Labute approximate surface area is 135 Å². The van der Waals surface area contributed by atoms with Gasteiger partial charge in [-0.05, 0) is 37.0 Å². The van der Waals surface area contributed by atoms with Crippen LogP contribution in [0.25, 0.3) is 0 Å². The zero-order chi connectivity index (χ0) is 16.6. The molecular weight excluding hydrogens is 321 g/mol. The van der Waals surface area contributed by atoms with Gasteiger partial charge in [-0.15, -0.1) is 0 Å². The van der Waals surface area contributed by atoms with E-state index in [0.29, 0.717) is 12.0 Å². The second kappa shape index (κ2) is 6.20. The summed E-state index contributed by atoms with van der Waals surface area (Å²) in [6, 6.07) is 5.61. The Kier molecular flexibility index (Phi) is 4.42. The summed E-state index contributed by atoms with van der Waals surface area (Å²) in [4.78, 5) is 14.2. The molecule has 1 aliphatic heterocycles. The van der Waals surface area contributed by atoms with Crippen LogP contribution in [0.4, 0.5) is 4.39 Å². The van der Waals surface area contributed by atoms with Crippen molar-refractivity contribution in [2.24, 2.45) is 5.92 Å². The smallest absolute Gasteiger partial charge is 0.227 e. The predicted molar refractivity (Wildman–Crippen MR) is 82.9 cm³/mol. The zero-order valence-corrected chi connectivity index (χ0v) is 13.5. The largest absolute Gasteiger partial charge is 0.387 e. The molecule has 1 saturated heterocycles. The van der Waals surface area contributed by atoms with E-state index in [1.54, 1.807) is 4.90 Å². The molecule has 1 saturated carbocycles. The quantitative estimate of drug-likeness (QED) is 0.876. The number of hydrogen-bond acceptors (Lipinski definition) is 4. The maximum absolute atomic E-state index is 13.0. The number of carbonyl (C=O) groups is 1. The molecule has 5 nitrogen and oxygen atoms in total. The molecule has 126 valence electrons. The van der Waals surface area contributed by atoms with E-state index in [1.807, 2.05) is 0 Å². The first kappa shape index (κ1) is 16.4. The van der Waals surface area contributed by atoms with Crippen LogP contribution in [-0.2, 0) is 14.6 Å². The molecule has 2 atom stereocenters. The summed E-state index contributed by atoms with van der Waals surface area (Å²) in [5, 5.41) is 10.3. The van der Waals surface area contributed by atoms with Gasteiger partial charge in [-0.25, -0.2) is 12.8 Å². The van der Waals surface area contributed by atoms with Crippen molar-refractivity contribution in [3.8, 4) is 0 Å². The van der Waals surface area contributed by atoms with E-state index in [4.69, 9.17) is 0 Å². The topological polar surface area (TPSA) is 74.7 Å². The molecule has 1 aromatic rings. The Bertz CT molecular complexity index is 685. The molecule has 1 aromatic carbocycles.